The maximum Gasteiger partial charge on any atom is 0.293 e. The van der Waals surface area contributed by atoms with Gasteiger partial charge in [-0.3, -0.25) is 24.6 Å². The van der Waals surface area contributed by atoms with Gasteiger partial charge in [-0.15, -0.1) is 0 Å². The topological polar surface area (TPSA) is 110 Å². The molecule has 34 heavy (non-hydrogen) atoms. The summed E-state index contributed by atoms with van der Waals surface area (Å²) < 4.78 is 0. The van der Waals surface area contributed by atoms with E-state index in [4.69, 9.17) is 17.3 Å². The highest BCUT2D eigenvalue weighted by atomic mass is 35.5. The van der Waals surface area contributed by atoms with E-state index in [-0.39, 0.29) is 17.0 Å². The van der Waals surface area contributed by atoms with Gasteiger partial charge in [0.25, 0.3) is 5.69 Å². The second-order valence-corrected chi connectivity index (χ2v) is 8.47. The highest BCUT2D eigenvalue weighted by Crippen LogP contribution is 2.32. The monoisotopic (exact) mass is 478 g/mol. The first-order valence-corrected chi connectivity index (χ1v) is 11.1. The number of nitrogens with zero attached hydrogens (tertiary/aromatic N) is 3. The molecule has 0 aliphatic carbocycles. The molecule has 0 aromatic heterocycles. The first kappa shape index (κ1) is 23.4. The lowest BCUT2D eigenvalue weighted by atomic mass is 10.0. The molecular formula is C25H23ClN4O4. The van der Waals surface area contributed by atoms with E-state index in [1.165, 1.54) is 6.07 Å². The third kappa shape index (κ3) is 4.93. The van der Waals surface area contributed by atoms with E-state index in [1.54, 1.807) is 66.7 Å². The first-order valence-electron chi connectivity index (χ1n) is 10.8. The second kappa shape index (κ2) is 10.0. The van der Waals surface area contributed by atoms with Crippen LogP contribution in [0.4, 0.5) is 11.4 Å². The van der Waals surface area contributed by atoms with E-state index in [9.17, 15) is 19.7 Å². The van der Waals surface area contributed by atoms with E-state index < -0.39 is 16.9 Å². The Labute approximate surface area is 201 Å². The number of ketones is 1. The van der Waals surface area contributed by atoms with Crippen molar-refractivity contribution in [1.29, 1.82) is 0 Å². The van der Waals surface area contributed by atoms with Crippen molar-refractivity contribution in [1.82, 2.24) is 4.90 Å². The molecule has 1 amide bonds. The molecule has 0 bridgehead atoms. The van der Waals surface area contributed by atoms with Crippen LogP contribution in [0.25, 0.3) is 0 Å². The lowest BCUT2D eigenvalue weighted by molar-refractivity contribution is -0.384. The quantitative estimate of drug-likeness (QED) is 0.314. The van der Waals surface area contributed by atoms with Crippen molar-refractivity contribution < 1.29 is 14.5 Å². The van der Waals surface area contributed by atoms with Gasteiger partial charge in [0.05, 0.1) is 4.92 Å². The summed E-state index contributed by atoms with van der Waals surface area (Å²) in [5.41, 5.74) is 7.49. The lowest BCUT2D eigenvalue weighted by Crippen LogP contribution is -2.50. The molecular weight excluding hydrogens is 456 g/mol. The van der Waals surface area contributed by atoms with Gasteiger partial charge in [-0.1, -0.05) is 54.1 Å². The third-order valence-corrected chi connectivity index (χ3v) is 6.20. The van der Waals surface area contributed by atoms with E-state index in [0.717, 1.165) is 5.56 Å². The summed E-state index contributed by atoms with van der Waals surface area (Å²) in [6, 6.07) is 19.6. The Balaban J connectivity index is 1.53. The molecule has 3 aromatic rings. The summed E-state index contributed by atoms with van der Waals surface area (Å²) >= 11 is 5.96. The molecule has 174 valence electrons. The molecule has 8 nitrogen and oxygen atoms in total. The molecule has 3 aromatic carbocycles. The van der Waals surface area contributed by atoms with Crippen LogP contribution in [0.15, 0.2) is 72.8 Å². The average molecular weight is 479 g/mol. The summed E-state index contributed by atoms with van der Waals surface area (Å²) in [6.45, 7) is 1.89. The number of amides is 1. The molecule has 1 atom stereocenters. The maximum absolute atomic E-state index is 12.8. The summed E-state index contributed by atoms with van der Waals surface area (Å²) in [4.78, 5) is 40.2. The van der Waals surface area contributed by atoms with Crippen LogP contribution in [0.3, 0.4) is 0 Å². The summed E-state index contributed by atoms with van der Waals surface area (Å²) in [5, 5.41) is 12.4. The van der Waals surface area contributed by atoms with Gasteiger partial charge < -0.3 is 10.6 Å². The Kier molecular flexibility index (Phi) is 6.90. The number of halogens is 1. The molecule has 1 heterocycles. The normalized spacial score (nSPS) is 15.0. The van der Waals surface area contributed by atoms with E-state index in [1.807, 2.05) is 9.80 Å². The Morgan fingerprint density at radius 3 is 2.15 bits per heavy atom. The van der Waals surface area contributed by atoms with Gasteiger partial charge >= 0.3 is 0 Å². The Bertz CT molecular complexity index is 1210. The third-order valence-electron chi connectivity index (χ3n) is 5.95. The predicted octanol–water partition coefficient (Wildman–Crippen LogP) is 3.83. The summed E-state index contributed by atoms with van der Waals surface area (Å²) in [7, 11) is 0. The molecule has 0 radical (unpaired) electrons. The van der Waals surface area contributed by atoms with Gasteiger partial charge in [-0.05, 0) is 29.8 Å². The second-order valence-electron chi connectivity index (χ2n) is 8.04. The smallest absolute Gasteiger partial charge is 0.293 e. The molecule has 0 spiro atoms. The Hall–Kier alpha value is -3.75. The largest absolute Gasteiger partial charge is 0.368 e. The number of anilines is 1. The number of nitro groups is 1. The van der Waals surface area contributed by atoms with Gasteiger partial charge in [-0.2, -0.15) is 0 Å². The lowest BCUT2D eigenvalue weighted by Gasteiger charge is -2.39. The van der Waals surface area contributed by atoms with E-state index in [0.29, 0.717) is 42.5 Å². The van der Waals surface area contributed by atoms with Crippen molar-refractivity contribution >= 4 is 34.7 Å². The highest BCUT2D eigenvalue weighted by molar-refractivity contribution is 6.30. The minimum atomic E-state index is -0.611. The number of carbonyl (C=O) groups excluding carboxylic acids is 2. The van der Waals surface area contributed by atoms with Gasteiger partial charge in [0.1, 0.15) is 11.7 Å². The van der Waals surface area contributed by atoms with Crippen LogP contribution in [-0.4, -0.2) is 47.7 Å². The molecule has 0 unspecified atom stereocenters. The number of carbonyl (C=O) groups is 2. The van der Waals surface area contributed by atoms with Crippen molar-refractivity contribution in [3.63, 3.8) is 0 Å². The first-order chi connectivity index (χ1) is 16.3. The molecule has 1 aliphatic rings. The molecule has 1 aliphatic heterocycles. The fraction of sp³-hybridized carbons (Fsp3) is 0.200. The fourth-order valence-corrected chi connectivity index (χ4v) is 4.38. The molecule has 4 rings (SSSR count). The van der Waals surface area contributed by atoms with E-state index >= 15 is 0 Å². The number of piperazine rings is 1. The van der Waals surface area contributed by atoms with Crippen LogP contribution >= 0.6 is 11.6 Å². The van der Waals surface area contributed by atoms with Crippen molar-refractivity contribution in [3.8, 4) is 0 Å². The van der Waals surface area contributed by atoms with Gasteiger partial charge in [0.2, 0.25) is 5.91 Å². The number of hydrogen-bond acceptors (Lipinski definition) is 6. The fourth-order valence-electron chi connectivity index (χ4n) is 4.26. The summed E-state index contributed by atoms with van der Waals surface area (Å²) in [6.07, 6.45) is 0. The molecule has 0 saturated carbocycles. The highest BCUT2D eigenvalue weighted by Gasteiger charge is 2.31. The van der Waals surface area contributed by atoms with Gasteiger partial charge in [0, 0.05) is 48.4 Å². The van der Waals surface area contributed by atoms with Crippen LogP contribution in [0.5, 0.6) is 0 Å². The Morgan fingerprint density at radius 2 is 1.56 bits per heavy atom. The summed E-state index contributed by atoms with van der Waals surface area (Å²) in [5.74, 6) is -0.738. The number of primary amides is 1. The molecule has 1 saturated heterocycles. The van der Waals surface area contributed by atoms with Crippen LogP contribution in [0.2, 0.25) is 5.02 Å². The maximum atomic E-state index is 12.8. The molecule has 2 N–H and O–H groups in total. The predicted molar refractivity (Wildman–Crippen MR) is 130 cm³/mol. The Morgan fingerprint density at radius 1 is 0.912 bits per heavy atom. The molecule has 9 heteroatoms. The van der Waals surface area contributed by atoms with Crippen LogP contribution in [0, 0.1) is 10.1 Å². The zero-order valence-corrected chi connectivity index (χ0v) is 19.0. The van der Waals surface area contributed by atoms with Gasteiger partial charge in [-0.25, -0.2) is 0 Å². The number of rotatable bonds is 7. The van der Waals surface area contributed by atoms with Crippen molar-refractivity contribution in [2.75, 3.05) is 31.1 Å². The average Bonchev–Trinajstić information content (AvgIpc) is 2.85. The van der Waals surface area contributed by atoms with Crippen LogP contribution < -0.4 is 10.6 Å². The van der Waals surface area contributed by atoms with Crippen molar-refractivity contribution in [3.05, 3.63) is 105 Å². The minimum Gasteiger partial charge on any atom is -0.368 e. The SMILES string of the molecule is NC(=O)[C@@H](c1ccc(Cl)cc1)N1CCN(c2ccc(C(=O)c3ccccc3)cc2[N+](=O)[O-])CC1. The van der Waals surface area contributed by atoms with E-state index in [2.05, 4.69) is 0 Å². The zero-order chi connectivity index (χ0) is 24.2. The number of nitrogens with two attached hydrogens (primary N) is 1. The van der Waals surface area contributed by atoms with Crippen LogP contribution in [-0.2, 0) is 4.79 Å². The van der Waals surface area contributed by atoms with Crippen molar-refractivity contribution in [2.24, 2.45) is 5.73 Å². The van der Waals surface area contributed by atoms with Crippen LogP contribution in [0.1, 0.15) is 27.5 Å². The number of hydrogen-bond donors (Lipinski definition) is 1. The number of nitro benzene ring substituents is 1. The standard InChI is InChI=1S/C25H23ClN4O4/c26-20-9-6-17(7-10-20)23(25(27)32)29-14-12-28(13-15-29)21-11-8-19(16-22(21)30(33)34)24(31)18-4-2-1-3-5-18/h1-11,16,23H,12-15H2,(H2,27,32)/t23-/m1/s1. The minimum absolute atomic E-state index is 0.126. The zero-order valence-electron chi connectivity index (χ0n) is 18.3. The molecule has 1 fully saturated rings. The van der Waals surface area contributed by atoms with Gasteiger partial charge in [0.15, 0.2) is 5.78 Å². The number of benzene rings is 3. The van der Waals surface area contributed by atoms with Crippen molar-refractivity contribution in [2.45, 2.75) is 6.04 Å².